The Hall–Kier alpha value is -0.570. The summed E-state index contributed by atoms with van der Waals surface area (Å²) in [4.78, 5) is 11.1. The molecule has 3 heteroatoms. The monoisotopic (exact) mass is 186 g/mol. The van der Waals surface area contributed by atoms with Crippen molar-refractivity contribution >= 4 is 5.97 Å². The number of carbonyl (C=O) groups is 1. The van der Waals surface area contributed by atoms with Gasteiger partial charge in [0, 0.05) is 6.42 Å². The predicted molar refractivity (Wildman–Crippen MR) is 49.4 cm³/mol. The molecule has 0 radical (unpaired) electrons. The summed E-state index contributed by atoms with van der Waals surface area (Å²) in [5.41, 5.74) is 0. The first kappa shape index (κ1) is 10.5. The lowest BCUT2D eigenvalue weighted by atomic mass is 10.2. The van der Waals surface area contributed by atoms with Crippen molar-refractivity contribution in [3.05, 3.63) is 0 Å². The lowest BCUT2D eigenvalue weighted by Crippen LogP contribution is -2.10. The van der Waals surface area contributed by atoms with E-state index in [0.29, 0.717) is 19.1 Å². The van der Waals surface area contributed by atoms with Crippen LogP contribution >= 0.6 is 0 Å². The molecule has 2 unspecified atom stereocenters. The number of unbranched alkanes of at least 4 members (excludes halogenated alkanes) is 1. The molecule has 13 heavy (non-hydrogen) atoms. The number of hydrogen-bond donors (Lipinski definition) is 0. The minimum atomic E-state index is -0.0906. The molecule has 0 bridgehead atoms. The van der Waals surface area contributed by atoms with Gasteiger partial charge in [-0.2, -0.15) is 0 Å². The quantitative estimate of drug-likeness (QED) is 0.469. The second kappa shape index (κ2) is 5.22. The third-order valence-electron chi connectivity index (χ3n) is 2.23. The first-order valence-corrected chi connectivity index (χ1v) is 5.09. The van der Waals surface area contributed by atoms with Crippen LogP contribution in [0.5, 0.6) is 0 Å². The van der Waals surface area contributed by atoms with Gasteiger partial charge in [-0.05, 0) is 12.8 Å². The standard InChI is InChI=1S/C10H18O3/c1-3-5-6-10(11)12-7-9-8(4-2)13-9/h8-9H,3-7H2,1-2H3. The first-order chi connectivity index (χ1) is 6.27. The fourth-order valence-electron chi connectivity index (χ4n) is 1.25. The van der Waals surface area contributed by atoms with E-state index in [4.69, 9.17) is 9.47 Å². The number of esters is 1. The van der Waals surface area contributed by atoms with Crippen LogP contribution in [0.15, 0.2) is 0 Å². The zero-order valence-corrected chi connectivity index (χ0v) is 8.41. The summed E-state index contributed by atoms with van der Waals surface area (Å²) in [7, 11) is 0. The summed E-state index contributed by atoms with van der Waals surface area (Å²) >= 11 is 0. The van der Waals surface area contributed by atoms with Crippen molar-refractivity contribution in [2.45, 2.75) is 51.7 Å². The van der Waals surface area contributed by atoms with Crippen LogP contribution in [0.25, 0.3) is 0 Å². The van der Waals surface area contributed by atoms with Gasteiger partial charge in [0.2, 0.25) is 0 Å². The van der Waals surface area contributed by atoms with Gasteiger partial charge in [0.1, 0.15) is 12.7 Å². The first-order valence-electron chi connectivity index (χ1n) is 5.09. The molecule has 1 heterocycles. The van der Waals surface area contributed by atoms with E-state index in [-0.39, 0.29) is 12.1 Å². The molecule has 1 aliphatic heterocycles. The SMILES string of the molecule is CCCCC(=O)OCC1OC1CC. The van der Waals surface area contributed by atoms with Gasteiger partial charge < -0.3 is 9.47 Å². The molecule has 0 aromatic carbocycles. The van der Waals surface area contributed by atoms with Gasteiger partial charge in [-0.25, -0.2) is 0 Å². The van der Waals surface area contributed by atoms with E-state index >= 15 is 0 Å². The van der Waals surface area contributed by atoms with Crippen LogP contribution in [0.4, 0.5) is 0 Å². The molecule has 0 aromatic heterocycles. The Morgan fingerprint density at radius 2 is 2.15 bits per heavy atom. The van der Waals surface area contributed by atoms with Crippen molar-refractivity contribution < 1.29 is 14.3 Å². The Morgan fingerprint density at radius 1 is 1.38 bits per heavy atom. The van der Waals surface area contributed by atoms with Crippen LogP contribution in [-0.4, -0.2) is 24.8 Å². The van der Waals surface area contributed by atoms with Gasteiger partial charge in [0.05, 0.1) is 6.10 Å². The Morgan fingerprint density at radius 3 is 2.69 bits per heavy atom. The Balaban J connectivity index is 1.97. The van der Waals surface area contributed by atoms with Gasteiger partial charge in [-0.3, -0.25) is 4.79 Å². The average Bonchev–Trinajstić information content (AvgIpc) is 2.90. The van der Waals surface area contributed by atoms with Crippen molar-refractivity contribution in [1.82, 2.24) is 0 Å². The molecule has 0 spiro atoms. The fraction of sp³-hybridized carbons (Fsp3) is 0.900. The van der Waals surface area contributed by atoms with Gasteiger partial charge >= 0.3 is 5.97 Å². The minimum Gasteiger partial charge on any atom is -0.463 e. The number of hydrogen-bond acceptors (Lipinski definition) is 3. The number of carbonyl (C=O) groups excluding carboxylic acids is 1. The summed E-state index contributed by atoms with van der Waals surface area (Å²) in [6, 6.07) is 0. The third kappa shape index (κ3) is 3.77. The summed E-state index contributed by atoms with van der Waals surface area (Å²) in [6.45, 7) is 4.58. The van der Waals surface area contributed by atoms with E-state index in [9.17, 15) is 4.79 Å². The maximum atomic E-state index is 11.1. The van der Waals surface area contributed by atoms with Crippen LogP contribution in [-0.2, 0) is 14.3 Å². The van der Waals surface area contributed by atoms with E-state index in [2.05, 4.69) is 13.8 Å². The Kier molecular flexibility index (Phi) is 4.22. The maximum absolute atomic E-state index is 11.1. The van der Waals surface area contributed by atoms with Crippen molar-refractivity contribution in [2.75, 3.05) is 6.61 Å². The topological polar surface area (TPSA) is 38.8 Å². The highest BCUT2D eigenvalue weighted by Crippen LogP contribution is 2.24. The minimum absolute atomic E-state index is 0.0906. The highest BCUT2D eigenvalue weighted by atomic mass is 16.6. The molecule has 1 fully saturated rings. The van der Waals surface area contributed by atoms with Crippen LogP contribution in [0.1, 0.15) is 39.5 Å². The van der Waals surface area contributed by atoms with Crippen molar-refractivity contribution in [3.8, 4) is 0 Å². The highest BCUT2D eigenvalue weighted by Gasteiger charge is 2.37. The molecule has 0 N–H and O–H groups in total. The van der Waals surface area contributed by atoms with Crippen LogP contribution < -0.4 is 0 Å². The van der Waals surface area contributed by atoms with Gasteiger partial charge in [-0.1, -0.05) is 20.3 Å². The van der Waals surface area contributed by atoms with E-state index in [1.807, 2.05) is 0 Å². The average molecular weight is 186 g/mol. The molecule has 1 saturated heterocycles. The zero-order valence-electron chi connectivity index (χ0n) is 8.41. The highest BCUT2D eigenvalue weighted by molar-refractivity contribution is 5.69. The van der Waals surface area contributed by atoms with Crippen LogP contribution in [0, 0.1) is 0 Å². The summed E-state index contributed by atoms with van der Waals surface area (Å²) in [6.07, 6.45) is 4.01. The fourth-order valence-corrected chi connectivity index (χ4v) is 1.25. The lowest BCUT2D eigenvalue weighted by molar-refractivity contribution is -0.144. The predicted octanol–water partition coefficient (Wildman–Crippen LogP) is 1.90. The van der Waals surface area contributed by atoms with Crippen molar-refractivity contribution in [1.29, 1.82) is 0 Å². The van der Waals surface area contributed by atoms with E-state index < -0.39 is 0 Å². The van der Waals surface area contributed by atoms with Crippen molar-refractivity contribution in [2.24, 2.45) is 0 Å². The largest absolute Gasteiger partial charge is 0.463 e. The smallest absolute Gasteiger partial charge is 0.305 e. The third-order valence-corrected chi connectivity index (χ3v) is 2.23. The summed E-state index contributed by atoms with van der Waals surface area (Å²) in [5.74, 6) is -0.0906. The zero-order chi connectivity index (χ0) is 9.68. The Labute approximate surface area is 79.4 Å². The molecule has 1 rings (SSSR count). The number of ether oxygens (including phenoxy) is 2. The molecule has 0 saturated carbocycles. The molecule has 2 atom stereocenters. The Bertz CT molecular complexity index is 168. The van der Waals surface area contributed by atoms with E-state index in [1.54, 1.807) is 0 Å². The summed E-state index contributed by atoms with van der Waals surface area (Å²) in [5, 5.41) is 0. The molecule has 76 valence electrons. The normalized spacial score (nSPS) is 25.7. The van der Waals surface area contributed by atoms with Crippen molar-refractivity contribution in [3.63, 3.8) is 0 Å². The maximum Gasteiger partial charge on any atom is 0.305 e. The van der Waals surface area contributed by atoms with Gasteiger partial charge in [0.15, 0.2) is 0 Å². The molecule has 0 amide bonds. The molecular weight excluding hydrogens is 168 g/mol. The molecule has 0 aliphatic carbocycles. The van der Waals surface area contributed by atoms with E-state index in [1.165, 1.54) is 0 Å². The van der Waals surface area contributed by atoms with E-state index in [0.717, 1.165) is 19.3 Å². The number of epoxide rings is 1. The molecule has 1 aliphatic rings. The molecular formula is C10H18O3. The second-order valence-corrected chi connectivity index (χ2v) is 3.41. The van der Waals surface area contributed by atoms with Gasteiger partial charge in [-0.15, -0.1) is 0 Å². The number of rotatable bonds is 6. The van der Waals surface area contributed by atoms with Gasteiger partial charge in [0.25, 0.3) is 0 Å². The van der Waals surface area contributed by atoms with Crippen LogP contribution in [0.3, 0.4) is 0 Å². The molecule has 3 nitrogen and oxygen atoms in total. The lowest BCUT2D eigenvalue weighted by Gasteiger charge is -2.00. The summed E-state index contributed by atoms with van der Waals surface area (Å²) < 4.78 is 10.3. The molecule has 0 aromatic rings. The second-order valence-electron chi connectivity index (χ2n) is 3.41. The van der Waals surface area contributed by atoms with Crippen LogP contribution in [0.2, 0.25) is 0 Å².